The van der Waals surface area contributed by atoms with Crippen molar-refractivity contribution < 1.29 is 9.53 Å². The highest BCUT2D eigenvalue weighted by atomic mass is 16.5. The SMILES string of the molecule is CCCC(=O)Oc1ccc(CNN)cc1. The fraction of sp³-hybridized carbons (Fsp3) is 0.364. The molecule has 15 heavy (non-hydrogen) atoms. The molecule has 0 aliphatic heterocycles. The molecule has 0 spiro atoms. The lowest BCUT2D eigenvalue weighted by Gasteiger charge is -2.04. The molecule has 0 aromatic heterocycles. The van der Waals surface area contributed by atoms with Crippen LogP contribution in [0.25, 0.3) is 0 Å². The van der Waals surface area contributed by atoms with Gasteiger partial charge in [-0.15, -0.1) is 0 Å². The first kappa shape index (κ1) is 11.7. The van der Waals surface area contributed by atoms with Crippen LogP contribution in [0.4, 0.5) is 0 Å². The van der Waals surface area contributed by atoms with Gasteiger partial charge >= 0.3 is 5.97 Å². The number of benzene rings is 1. The van der Waals surface area contributed by atoms with E-state index in [1.54, 1.807) is 12.1 Å². The van der Waals surface area contributed by atoms with Crippen molar-refractivity contribution in [3.8, 4) is 5.75 Å². The van der Waals surface area contributed by atoms with Gasteiger partial charge in [0.1, 0.15) is 5.75 Å². The third-order valence-electron chi connectivity index (χ3n) is 1.92. The summed E-state index contributed by atoms with van der Waals surface area (Å²) >= 11 is 0. The first-order valence-electron chi connectivity index (χ1n) is 4.99. The van der Waals surface area contributed by atoms with Crippen LogP contribution in [0.3, 0.4) is 0 Å². The maximum Gasteiger partial charge on any atom is 0.311 e. The van der Waals surface area contributed by atoms with Gasteiger partial charge in [0, 0.05) is 13.0 Å². The predicted octanol–water partition coefficient (Wildman–Crippen LogP) is 1.36. The van der Waals surface area contributed by atoms with Gasteiger partial charge in [0.15, 0.2) is 0 Å². The molecule has 1 rings (SSSR count). The Morgan fingerprint density at radius 1 is 1.40 bits per heavy atom. The molecule has 0 heterocycles. The molecule has 4 nitrogen and oxygen atoms in total. The molecule has 0 amide bonds. The molecule has 0 saturated heterocycles. The maximum absolute atomic E-state index is 11.2. The van der Waals surface area contributed by atoms with Crippen LogP contribution in [0.1, 0.15) is 25.3 Å². The molecule has 0 unspecified atom stereocenters. The van der Waals surface area contributed by atoms with Crippen LogP contribution in [0, 0.1) is 0 Å². The quantitative estimate of drug-likeness (QED) is 0.332. The monoisotopic (exact) mass is 208 g/mol. The highest BCUT2D eigenvalue weighted by Gasteiger charge is 2.02. The molecule has 0 bridgehead atoms. The van der Waals surface area contributed by atoms with Crippen molar-refractivity contribution in [3.63, 3.8) is 0 Å². The lowest BCUT2D eigenvalue weighted by molar-refractivity contribution is -0.134. The van der Waals surface area contributed by atoms with Gasteiger partial charge in [0.05, 0.1) is 0 Å². The molecular weight excluding hydrogens is 192 g/mol. The van der Waals surface area contributed by atoms with Crippen LogP contribution in [0.5, 0.6) is 5.75 Å². The second kappa shape index (κ2) is 6.16. The summed E-state index contributed by atoms with van der Waals surface area (Å²) < 4.78 is 5.10. The number of nitrogens with two attached hydrogens (primary N) is 1. The van der Waals surface area contributed by atoms with E-state index in [9.17, 15) is 4.79 Å². The molecule has 4 heteroatoms. The molecule has 82 valence electrons. The van der Waals surface area contributed by atoms with Crippen LogP contribution in [-0.4, -0.2) is 5.97 Å². The van der Waals surface area contributed by atoms with Crippen molar-refractivity contribution in [1.29, 1.82) is 0 Å². The zero-order valence-corrected chi connectivity index (χ0v) is 8.82. The average molecular weight is 208 g/mol. The Balaban J connectivity index is 2.52. The van der Waals surface area contributed by atoms with Crippen molar-refractivity contribution in [2.75, 3.05) is 0 Å². The van der Waals surface area contributed by atoms with Crippen LogP contribution < -0.4 is 16.0 Å². The number of esters is 1. The van der Waals surface area contributed by atoms with E-state index in [4.69, 9.17) is 10.6 Å². The van der Waals surface area contributed by atoms with Crippen LogP contribution in [-0.2, 0) is 11.3 Å². The van der Waals surface area contributed by atoms with Gasteiger partial charge in [0.2, 0.25) is 0 Å². The number of hydrogen-bond donors (Lipinski definition) is 2. The molecule has 0 radical (unpaired) electrons. The highest BCUT2D eigenvalue weighted by molar-refractivity contribution is 5.72. The topological polar surface area (TPSA) is 64.3 Å². The average Bonchev–Trinajstić information content (AvgIpc) is 2.22. The summed E-state index contributed by atoms with van der Waals surface area (Å²) in [5.74, 6) is 5.57. The van der Waals surface area contributed by atoms with E-state index in [-0.39, 0.29) is 5.97 Å². The van der Waals surface area contributed by atoms with Crippen molar-refractivity contribution in [2.45, 2.75) is 26.3 Å². The third kappa shape index (κ3) is 4.10. The molecule has 0 aliphatic carbocycles. The number of nitrogens with one attached hydrogen (secondary N) is 1. The van der Waals surface area contributed by atoms with Crippen molar-refractivity contribution in [3.05, 3.63) is 29.8 Å². The molecule has 1 aromatic rings. The number of hydrazine groups is 1. The smallest absolute Gasteiger partial charge is 0.311 e. The molecular formula is C11H16N2O2. The number of carbonyl (C=O) groups is 1. The van der Waals surface area contributed by atoms with Gasteiger partial charge < -0.3 is 4.74 Å². The second-order valence-electron chi connectivity index (χ2n) is 3.25. The lowest BCUT2D eigenvalue weighted by Crippen LogP contribution is -2.20. The number of ether oxygens (including phenoxy) is 1. The standard InChI is InChI=1S/C11H16N2O2/c1-2-3-11(14)15-10-6-4-9(5-7-10)8-13-12/h4-7,13H,2-3,8,12H2,1H3. The van der Waals surface area contributed by atoms with Crippen LogP contribution in [0.2, 0.25) is 0 Å². The molecule has 0 aliphatic rings. The van der Waals surface area contributed by atoms with E-state index in [1.807, 2.05) is 19.1 Å². The lowest BCUT2D eigenvalue weighted by atomic mass is 10.2. The Kier molecular flexibility index (Phi) is 4.80. The fourth-order valence-corrected chi connectivity index (χ4v) is 1.18. The van der Waals surface area contributed by atoms with E-state index >= 15 is 0 Å². The van der Waals surface area contributed by atoms with Crippen molar-refractivity contribution in [2.24, 2.45) is 5.84 Å². The minimum Gasteiger partial charge on any atom is -0.427 e. The van der Waals surface area contributed by atoms with Gasteiger partial charge in [-0.2, -0.15) is 0 Å². The summed E-state index contributed by atoms with van der Waals surface area (Å²) in [5.41, 5.74) is 3.61. The zero-order valence-electron chi connectivity index (χ0n) is 8.82. The number of rotatable bonds is 5. The molecule has 0 atom stereocenters. The maximum atomic E-state index is 11.2. The van der Waals surface area contributed by atoms with E-state index in [0.29, 0.717) is 18.7 Å². The van der Waals surface area contributed by atoms with E-state index in [0.717, 1.165) is 12.0 Å². The normalized spacial score (nSPS) is 10.0. The van der Waals surface area contributed by atoms with Gasteiger partial charge in [-0.05, 0) is 24.1 Å². The van der Waals surface area contributed by atoms with Crippen molar-refractivity contribution >= 4 is 5.97 Å². The Bertz CT molecular complexity index is 309. The number of carbonyl (C=O) groups excluding carboxylic acids is 1. The van der Waals surface area contributed by atoms with Crippen molar-refractivity contribution in [1.82, 2.24) is 5.43 Å². The first-order chi connectivity index (χ1) is 7.26. The summed E-state index contributed by atoms with van der Waals surface area (Å²) in [6.45, 7) is 2.54. The first-order valence-corrected chi connectivity index (χ1v) is 4.99. The Morgan fingerprint density at radius 3 is 2.60 bits per heavy atom. The van der Waals surface area contributed by atoms with Gasteiger partial charge in [-0.1, -0.05) is 19.1 Å². The Labute approximate surface area is 89.4 Å². The molecule has 0 saturated carbocycles. The molecule has 3 N–H and O–H groups in total. The summed E-state index contributed by atoms with van der Waals surface area (Å²) in [6, 6.07) is 7.27. The third-order valence-corrected chi connectivity index (χ3v) is 1.92. The second-order valence-corrected chi connectivity index (χ2v) is 3.25. The Morgan fingerprint density at radius 2 is 2.07 bits per heavy atom. The van der Waals surface area contributed by atoms with Gasteiger partial charge in [-0.25, -0.2) is 0 Å². The number of hydrogen-bond acceptors (Lipinski definition) is 4. The van der Waals surface area contributed by atoms with Gasteiger partial charge in [-0.3, -0.25) is 16.1 Å². The summed E-state index contributed by atoms with van der Waals surface area (Å²) in [5, 5.41) is 0. The predicted molar refractivity (Wildman–Crippen MR) is 58.0 cm³/mol. The Hall–Kier alpha value is -1.39. The minimum atomic E-state index is -0.192. The minimum absolute atomic E-state index is 0.192. The fourth-order valence-electron chi connectivity index (χ4n) is 1.18. The zero-order chi connectivity index (χ0) is 11.1. The van der Waals surface area contributed by atoms with E-state index in [2.05, 4.69) is 5.43 Å². The van der Waals surface area contributed by atoms with E-state index < -0.39 is 0 Å². The van der Waals surface area contributed by atoms with Crippen LogP contribution >= 0.6 is 0 Å². The van der Waals surface area contributed by atoms with Gasteiger partial charge in [0.25, 0.3) is 0 Å². The van der Waals surface area contributed by atoms with E-state index in [1.165, 1.54) is 0 Å². The highest BCUT2D eigenvalue weighted by Crippen LogP contribution is 2.12. The summed E-state index contributed by atoms with van der Waals surface area (Å²) in [6.07, 6.45) is 1.25. The summed E-state index contributed by atoms with van der Waals surface area (Å²) in [7, 11) is 0. The molecule has 0 fully saturated rings. The summed E-state index contributed by atoms with van der Waals surface area (Å²) in [4.78, 5) is 11.2. The molecule has 1 aromatic carbocycles. The largest absolute Gasteiger partial charge is 0.427 e. The van der Waals surface area contributed by atoms with Crippen LogP contribution in [0.15, 0.2) is 24.3 Å².